The van der Waals surface area contributed by atoms with Gasteiger partial charge in [0.15, 0.2) is 0 Å². The summed E-state index contributed by atoms with van der Waals surface area (Å²) < 4.78 is 26.3. The lowest BCUT2D eigenvalue weighted by atomic mass is 9.89. The fourth-order valence-electron chi connectivity index (χ4n) is 1.11. The minimum absolute atomic E-state index is 0.101. The van der Waals surface area contributed by atoms with Crippen molar-refractivity contribution >= 4 is 17.3 Å². The summed E-state index contributed by atoms with van der Waals surface area (Å²) in [6, 6.07) is 1.73. The van der Waals surface area contributed by atoms with E-state index < -0.39 is 17.0 Å². The number of rotatable bonds is 3. The maximum Gasteiger partial charge on any atom is 0.230 e. The van der Waals surface area contributed by atoms with E-state index in [2.05, 4.69) is 5.32 Å². The zero-order valence-corrected chi connectivity index (χ0v) is 10.1. The third-order valence-electron chi connectivity index (χ3n) is 2.83. The van der Waals surface area contributed by atoms with E-state index in [1.807, 2.05) is 6.92 Å². The second-order valence-corrected chi connectivity index (χ2v) is 4.55. The van der Waals surface area contributed by atoms with Crippen molar-refractivity contribution in [2.24, 2.45) is 5.41 Å². The van der Waals surface area contributed by atoms with E-state index in [1.165, 1.54) is 0 Å². The van der Waals surface area contributed by atoms with Crippen LogP contribution in [0.1, 0.15) is 27.2 Å². The van der Waals surface area contributed by atoms with Crippen LogP contribution in [0.5, 0.6) is 0 Å². The third kappa shape index (κ3) is 2.93. The van der Waals surface area contributed by atoms with Gasteiger partial charge in [0.25, 0.3) is 0 Å². The highest BCUT2D eigenvalue weighted by Crippen LogP contribution is 2.25. The van der Waals surface area contributed by atoms with Crippen LogP contribution in [0.3, 0.4) is 0 Å². The first-order chi connectivity index (χ1) is 7.77. The molecule has 94 valence electrons. The first-order valence-corrected chi connectivity index (χ1v) is 5.34. The lowest BCUT2D eigenvalue weighted by Gasteiger charge is -2.21. The Bertz CT molecular complexity index is 444. The molecular formula is C12H16F2N2O. The van der Waals surface area contributed by atoms with Crippen molar-refractivity contribution in [3.05, 3.63) is 23.8 Å². The summed E-state index contributed by atoms with van der Waals surface area (Å²) in [5, 5.41) is 2.41. The molecule has 1 aromatic carbocycles. The smallest absolute Gasteiger partial charge is 0.230 e. The second-order valence-electron chi connectivity index (χ2n) is 4.55. The van der Waals surface area contributed by atoms with Crippen molar-refractivity contribution in [2.75, 3.05) is 11.1 Å². The molecule has 0 fully saturated rings. The number of amides is 1. The Morgan fingerprint density at radius 3 is 2.47 bits per heavy atom. The van der Waals surface area contributed by atoms with E-state index in [0.29, 0.717) is 12.5 Å². The second kappa shape index (κ2) is 4.69. The fourth-order valence-corrected chi connectivity index (χ4v) is 1.11. The predicted molar refractivity (Wildman–Crippen MR) is 63.5 cm³/mol. The average Bonchev–Trinajstić information content (AvgIpc) is 2.25. The standard InChI is InChI=1S/C12H16F2N2O/c1-4-12(2,3)11(17)16-10-6-9(15)7(13)5-8(10)14/h5-6H,4,15H2,1-3H3,(H,16,17). The molecule has 3 nitrogen and oxygen atoms in total. The minimum Gasteiger partial charge on any atom is -0.396 e. The molecule has 0 aromatic heterocycles. The van der Waals surface area contributed by atoms with E-state index in [1.54, 1.807) is 13.8 Å². The van der Waals surface area contributed by atoms with Crippen LogP contribution in [0.4, 0.5) is 20.2 Å². The molecule has 0 unspecified atom stereocenters. The van der Waals surface area contributed by atoms with Gasteiger partial charge >= 0.3 is 0 Å². The Hall–Kier alpha value is -1.65. The van der Waals surface area contributed by atoms with Crippen LogP contribution in [0, 0.1) is 17.0 Å². The summed E-state index contributed by atoms with van der Waals surface area (Å²) in [5.41, 5.74) is 4.40. The molecule has 0 radical (unpaired) electrons. The van der Waals surface area contributed by atoms with Gasteiger partial charge in [-0.3, -0.25) is 4.79 Å². The first-order valence-electron chi connectivity index (χ1n) is 5.34. The van der Waals surface area contributed by atoms with E-state index >= 15 is 0 Å². The van der Waals surface area contributed by atoms with Crippen molar-refractivity contribution in [1.29, 1.82) is 0 Å². The van der Waals surface area contributed by atoms with Gasteiger partial charge in [-0.1, -0.05) is 20.8 Å². The molecule has 0 aliphatic heterocycles. The maximum absolute atomic E-state index is 13.4. The van der Waals surface area contributed by atoms with Gasteiger partial charge in [0.05, 0.1) is 11.4 Å². The lowest BCUT2D eigenvalue weighted by Crippen LogP contribution is -2.30. The Balaban J connectivity index is 2.97. The number of carbonyl (C=O) groups is 1. The number of benzene rings is 1. The summed E-state index contributed by atoms with van der Waals surface area (Å²) in [5.74, 6) is -2.00. The minimum atomic E-state index is -0.838. The molecule has 17 heavy (non-hydrogen) atoms. The number of halogens is 2. The normalized spacial score (nSPS) is 11.4. The summed E-state index contributed by atoms with van der Waals surface area (Å²) >= 11 is 0. The molecule has 1 aromatic rings. The molecule has 0 aliphatic rings. The number of nitrogen functional groups attached to an aromatic ring is 1. The molecule has 0 aliphatic carbocycles. The van der Waals surface area contributed by atoms with Gasteiger partial charge in [-0.2, -0.15) is 0 Å². The van der Waals surface area contributed by atoms with Crippen LogP contribution in [-0.4, -0.2) is 5.91 Å². The van der Waals surface area contributed by atoms with Gasteiger partial charge in [0.1, 0.15) is 11.6 Å². The van der Waals surface area contributed by atoms with Crippen molar-refractivity contribution < 1.29 is 13.6 Å². The van der Waals surface area contributed by atoms with Crippen LogP contribution in [-0.2, 0) is 4.79 Å². The van der Waals surface area contributed by atoms with Crippen molar-refractivity contribution in [3.8, 4) is 0 Å². The van der Waals surface area contributed by atoms with Gasteiger partial charge in [-0.15, -0.1) is 0 Å². The van der Waals surface area contributed by atoms with Gasteiger partial charge in [-0.25, -0.2) is 8.78 Å². The summed E-state index contributed by atoms with van der Waals surface area (Å²) in [7, 11) is 0. The van der Waals surface area contributed by atoms with Crippen molar-refractivity contribution in [3.63, 3.8) is 0 Å². The van der Waals surface area contributed by atoms with E-state index in [-0.39, 0.29) is 17.3 Å². The molecule has 0 bridgehead atoms. The SMILES string of the molecule is CCC(C)(C)C(=O)Nc1cc(N)c(F)cc1F. The summed E-state index contributed by atoms with van der Waals surface area (Å²) in [6.07, 6.45) is 0.608. The fraction of sp³-hybridized carbons (Fsp3) is 0.417. The lowest BCUT2D eigenvalue weighted by molar-refractivity contribution is -0.124. The van der Waals surface area contributed by atoms with Gasteiger partial charge in [-0.05, 0) is 12.5 Å². The third-order valence-corrected chi connectivity index (χ3v) is 2.83. The van der Waals surface area contributed by atoms with Crippen molar-refractivity contribution in [2.45, 2.75) is 27.2 Å². The highest BCUT2D eigenvalue weighted by atomic mass is 19.1. The Kier molecular flexibility index (Phi) is 3.70. The number of nitrogens with two attached hydrogens (primary N) is 1. The van der Waals surface area contributed by atoms with Crippen LogP contribution >= 0.6 is 0 Å². The van der Waals surface area contributed by atoms with Gasteiger partial charge < -0.3 is 11.1 Å². The molecule has 0 saturated heterocycles. The Morgan fingerprint density at radius 2 is 1.94 bits per heavy atom. The summed E-state index contributed by atoms with van der Waals surface area (Å²) in [4.78, 5) is 11.8. The molecule has 5 heteroatoms. The number of hydrogen-bond acceptors (Lipinski definition) is 2. The van der Waals surface area contributed by atoms with E-state index in [9.17, 15) is 13.6 Å². The zero-order valence-electron chi connectivity index (χ0n) is 10.1. The Morgan fingerprint density at radius 1 is 1.35 bits per heavy atom. The molecule has 1 amide bonds. The summed E-state index contributed by atoms with van der Waals surface area (Å²) in [6.45, 7) is 5.34. The molecule has 0 saturated carbocycles. The zero-order chi connectivity index (χ0) is 13.2. The molecular weight excluding hydrogens is 226 g/mol. The van der Waals surface area contributed by atoms with Gasteiger partial charge in [0.2, 0.25) is 5.91 Å². The van der Waals surface area contributed by atoms with E-state index in [4.69, 9.17) is 5.73 Å². The molecule has 0 atom stereocenters. The molecule has 1 rings (SSSR count). The number of carbonyl (C=O) groups excluding carboxylic acids is 1. The first kappa shape index (κ1) is 13.4. The Labute approximate surface area is 99.0 Å². The monoisotopic (exact) mass is 242 g/mol. The van der Waals surface area contributed by atoms with Crippen LogP contribution in [0.2, 0.25) is 0 Å². The van der Waals surface area contributed by atoms with Crippen LogP contribution < -0.4 is 11.1 Å². The predicted octanol–water partition coefficient (Wildman–Crippen LogP) is 2.92. The highest BCUT2D eigenvalue weighted by molar-refractivity contribution is 5.95. The van der Waals surface area contributed by atoms with Crippen LogP contribution in [0.25, 0.3) is 0 Å². The number of nitrogens with one attached hydrogen (secondary N) is 1. The molecule has 3 N–H and O–H groups in total. The highest BCUT2D eigenvalue weighted by Gasteiger charge is 2.26. The topological polar surface area (TPSA) is 55.1 Å². The molecule has 0 heterocycles. The van der Waals surface area contributed by atoms with Crippen LogP contribution in [0.15, 0.2) is 12.1 Å². The van der Waals surface area contributed by atoms with E-state index in [0.717, 1.165) is 6.07 Å². The van der Waals surface area contributed by atoms with Gasteiger partial charge in [0, 0.05) is 11.5 Å². The maximum atomic E-state index is 13.4. The van der Waals surface area contributed by atoms with Crippen molar-refractivity contribution in [1.82, 2.24) is 0 Å². The molecule has 0 spiro atoms. The largest absolute Gasteiger partial charge is 0.396 e. The number of hydrogen-bond donors (Lipinski definition) is 2. The quantitative estimate of drug-likeness (QED) is 0.801. The average molecular weight is 242 g/mol. The number of anilines is 2.